The van der Waals surface area contributed by atoms with Gasteiger partial charge < -0.3 is 13.3 Å². The van der Waals surface area contributed by atoms with E-state index in [1.165, 1.54) is 25.7 Å². The molecule has 0 saturated heterocycles. The molecule has 0 atom stereocenters. The Morgan fingerprint density at radius 3 is 1.62 bits per heavy atom. The van der Waals surface area contributed by atoms with E-state index >= 15 is 0 Å². The summed E-state index contributed by atoms with van der Waals surface area (Å²) in [6.45, 7) is 0. The van der Waals surface area contributed by atoms with Gasteiger partial charge in [-0.3, -0.25) is 0 Å². The van der Waals surface area contributed by atoms with Crippen molar-refractivity contribution in [1.82, 2.24) is 0 Å². The third-order valence-corrected chi connectivity index (χ3v) is 5.90. The molecule has 0 aromatic carbocycles. The molecule has 0 spiro atoms. The Morgan fingerprint density at radius 2 is 1.19 bits per heavy atom. The lowest BCUT2D eigenvalue weighted by Gasteiger charge is -2.24. The second kappa shape index (κ2) is 10.5. The highest BCUT2D eigenvalue weighted by atomic mass is 35.5. The molecule has 98 valence electrons. The predicted molar refractivity (Wildman–Crippen MR) is 70.0 cm³/mol. The molecular weight excluding hydrogens is 244 g/mol. The van der Waals surface area contributed by atoms with Gasteiger partial charge in [0.15, 0.2) is 0 Å². The van der Waals surface area contributed by atoms with Crippen molar-refractivity contribution in [3.05, 3.63) is 0 Å². The highest BCUT2D eigenvalue weighted by Crippen LogP contribution is 2.18. The smallest absolute Gasteiger partial charge is 0.377 e. The first-order valence-corrected chi connectivity index (χ1v) is 8.42. The first kappa shape index (κ1) is 16.4. The van der Waals surface area contributed by atoms with Crippen LogP contribution < -0.4 is 0 Å². The Balaban J connectivity index is 3.48. The largest absolute Gasteiger partial charge is 0.500 e. The van der Waals surface area contributed by atoms with E-state index in [0.29, 0.717) is 0 Å². The van der Waals surface area contributed by atoms with E-state index in [1.54, 1.807) is 21.3 Å². The van der Waals surface area contributed by atoms with Crippen LogP contribution in [0.5, 0.6) is 0 Å². The van der Waals surface area contributed by atoms with E-state index in [9.17, 15) is 0 Å². The topological polar surface area (TPSA) is 27.7 Å². The molecule has 0 aliphatic rings. The van der Waals surface area contributed by atoms with E-state index in [1.807, 2.05) is 0 Å². The molecular formula is C11H25ClO3Si. The third-order valence-electron chi connectivity index (χ3n) is 2.80. The molecule has 0 radical (unpaired) electrons. The monoisotopic (exact) mass is 268 g/mol. The van der Waals surface area contributed by atoms with Crippen molar-refractivity contribution in [2.45, 2.75) is 44.6 Å². The van der Waals surface area contributed by atoms with Crippen molar-refractivity contribution in [3.8, 4) is 0 Å². The van der Waals surface area contributed by atoms with Crippen LogP contribution >= 0.6 is 11.6 Å². The highest BCUT2D eigenvalue weighted by molar-refractivity contribution is 6.60. The van der Waals surface area contributed by atoms with Gasteiger partial charge >= 0.3 is 8.80 Å². The maximum atomic E-state index is 5.61. The summed E-state index contributed by atoms with van der Waals surface area (Å²) in [4.78, 5) is 0. The molecule has 0 aliphatic carbocycles. The van der Waals surface area contributed by atoms with Crippen LogP contribution in [0.3, 0.4) is 0 Å². The van der Waals surface area contributed by atoms with Gasteiger partial charge in [-0.25, -0.2) is 0 Å². The molecule has 0 rings (SSSR count). The van der Waals surface area contributed by atoms with Crippen LogP contribution in [0.4, 0.5) is 0 Å². The summed E-state index contributed by atoms with van der Waals surface area (Å²) in [5.41, 5.74) is 0. The fraction of sp³-hybridized carbons (Fsp3) is 1.00. The Bertz CT molecular complexity index is 146. The minimum atomic E-state index is -2.31. The van der Waals surface area contributed by atoms with Gasteiger partial charge in [0.25, 0.3) is 0 Å². The summed E-state index contributed by atoms with van der Waals surface area (Å²) >= 11 is 5.61. The Hall–Kier alpha value is 0.387. The summed E-state index contributed by atoms with van der Waals surface area (Å²) in [7, 11) is 2.69. The molecule has 3 nitrogen and oxygen atoms in total. The third kappa shape index (κ3) is 6.86. The first-order chi connectivity index (χ1) is 7.74. The van der Waals surface area contributed by atoms with Gasteiger partial charge in [-0.1, -0.05) is 25.7 Å². The quantitative estimate of drug-likeness (QED) is 0.326. The maximum Gasteiger partial charge on any atom is 0.500 e. The van der Waals surface area contributed by atoms with E-state index in [-0.39, 0.29) is 0 Å². The number of halogens is 1. The number of hydrogen-bond acceptors (Lipinski definition) is 3. The van der Waals surface area contributed by atoms with Gasteiger partial charge in [0.1, 0.15) is 0 Å². The number of hydrogen-bond donors (Lipinski definition) is 0. The summed E-state index contributed by atoms with van der Waals surface area (Å²) in [5, 5.41) is 0. The van der Waals surface area contributed by atoms with Crippen molar-refractivity contribution in [2.75, 3.05) is 27.2 Å². The standard InChI is InChI=1S/C11H25ClO3Si/c1-13-16(14-2,15-3)11-9-7-5-4-6-8-10-12/h4-11H2,1-3H3. The lowest BCUT2D eigenvalue weighted by Crippen LogP contribution is -2.42. The van der Waals surface area contributed by atoms with Crippen LogP contribution in [0, 0.1) is 0 Å². The van der Waals surface area contributed by atoms with E-state index in [0.717, 1.165) is 24.8 Å². The predicted octanol–water partition coefficient (Wildman–Crippen LogP) is 3.44. The van der Waals surface area contributed by atoms with Crippen molar-refractivity contribution >= 4 is 20.4 Å². The highest BCUT2D eigenvalue weighted by Gasteiger charge is 2.36. The van der Waals surface area contributed by atoms with Gasteiger partial charge in [0.2, 0.25) is 0 Å². The Kier molecular flexibility index (Phi) is 10.8. The minimum Gasteiger partial charge on any atom is -0.377 e. The van der Waals surface area contributed by atoms with Crippen LogP contribution in [0.25, 0.3) is 0 Å². The molecule has 0 aromatic heterocycles. The Morgan fingerprint density at radius 1 is 0.750 bits per heavy atom. The minimum absolute atomic E-state index is 0.785. The molecule has 0 fully saturated rings. The summed E-state index contributed by atoms with van der Waals surface area (Å²) in [6.07, 6.45) is 7.24. The number of rotatable bonds is 11. The molecule has 0 bridgehead atoms. The van der Waals surface area contributed by atoms with Gasteiger partial charge in [-0.2, -0.15) is 0 Å². The SMILES string of the molecule is CO[Si](CCCCCCCCCl)(OC)OC. The van der Waals surface area contributed by atoms with Gasteiger partial charge in [0.05, 0.1) is 0 Å². The van der Waals surface area contributed by atoms with Crippen molar-refractivity contribution in [1.29, 1.82) is 0 Å². The average molecular weight is 269 g/mol. The molecule has 0 amide bonds. The molecule has 16 heavy (non-hydrogen) atoms. The lowest BCUT2D eigenvalue weighted by molar-refractivity contribution is 0.122. The zero-order chi connectivity index (χ0) is 12.3. The van der Waals surface area contributed by atoms with Gasteiger partial charge in [0, 0.05) is 33.3 Å². The maximum absolute atomic E-state index is 5.61. The van der Waals surface area contributed by atoms with Crippen LogP contribution in [0.2, 0.25) is 6.04 Å². The first-order valence-electron chi connectivity index (χ1n) is 5.96. The van der Waals surface area contributed by atoms with Crippen molar-refractivity contribution < 1.29 is 13.3 Å². The van der Waals surface area contributed by atoms with Crippen LogP contribution in [-0.4, -0.2) is 36.0 Å². The normalized spacial score (nSPS) is 12.0. The van der Waals surface area contributed by atoms with E-state index in [2.05, 4.69) is 0 Å². The van der Waals surface area contributed by atoms with Crippen LogP contribution in [-0.2, 0) is 13.3 Å². The summed E-state index contributed by atoms with van der Waals surface area (Å²) in [5.74, 6) is 0.785. The van der Waals surface area contributed by atoms with Crippen molar-refractivity contribution in [3.63, 3.8) is 0 Å². The second-order valence-corrected chi connectivity index (χ2v) is 7.32. The summed E-state index contributed by atoms with van der Waals surface area (Å²) in [6, 6.07) is 0.909. The number of unbranched alkanes of at least 4 members (excludes halogenated alkanes) is 5. The van der Waals surface area contributed by atoms with Gasteiger partial charge in [-0.15, -0.1) is 11.6 Å². The van der Waals surface area contributed by atoms with Crippen molar-refractivity contribution in [2.24, 2.45) is 0 Å². The zero-order valence-electron chi connectivity index (χ0n) is 10.8. The molecule has 0 aromatic rings. The molecule has 5 heteroatoms. The fourth-order valence-corrected chi connectivity index (χ4v) is 3.68. The molecule has 0 N–H and O–H groups in total. The van der Waals surface area contributed by atoms with Crippen LogP contribution in [0.1, 0.15) is 38.5 Å². The summed E-state index contributed by atoms with van der Waals surface area (Å²) < 4.78 is 16.1. The molecule has 0 heterocycles. The molecule has 0 saturated carbocycles. The lowest BCUT2D eigenvalue weighted by atomic mass is 10.1. The molecule has 0 aliphatic heterocycles. The van der Waals surface area contributed by atoms with Crippen LogP contribution in [0.15, 0.2) is 0 Å². The second-order valence-electron chi connectivity index (χ2n) is 3.86. The fourth-order valence-electron chi connectivity index (χ4n) is 1.70. The zero-order valence-corrected chi connectivity index (χ0v) is 12.5. The Labute approximate surface area is 106 Å². The molecule has 0 unspecified atom stereocenters. The van der Waals surface area contributed by atoms with Gasteiger partial charge in [-0.05, 0) is 12.8 Å². The van der Waals surface area contributed by atoms with E-state index < -0.39 is 8.80 Å². The number of alkyl halides is 1. The van der Waals surface area contributed by atoms with E-state index in [4.69, 9.17) is 24.9 Å². The average Bonchev–Trinajstić information content (AvgIpc) is 2.34.